The molecular formula is C6H11ClFNO2. The third-order valence-corrected chi connectivity index (χ3v) is 1.68. The number of amides is 1. The first-order valence-corrected chi connectivity index (χ1v) is 3.35. The molecule has 66 valence electrons. The Bertz CT molecular complexity index is 145. The number of likely N-dealkylation sites (tertiary alicyclic amines) is 1. The first kappa shape index (κ1) is 10.5. The van der Waals surface area contributed by atoms with E-state index in [4.69, 9.17) is 5.11 Å². The molecule has 0 aromatic carbocycles. The van der Waals surface area contributed by atoms with Gasteiger partial charge in [0.2, 0.25) is 0 Å². The van der Waals surface area contributed by atoms with Crippen molar-refractivity contribution in [3.63, 3.8) is 0 Å². The van der Waals surface area contributed by atoms with Gasteiger partial charge in [0, 0.05) is 6.54 Å². The van der Waals surface area contributed by atoms with Crippen molar-refractivity contribution >= 4 is 18.5 Å². The first-order chi connectivity index (χ1) is 4.72. The van der Waals surface area contributed by atoms with E-state index in [9.17, 15) is 9.18 Å². The van der Waals surface area contributed by atoms with E-state index < -0.39 is 12.4 Å². The fraction of sp³-hybridized carbons (Fsp3) is 0.833. The number of piperidine rings is 1. The van der Waals surface area contributed by atoms with Gasteiger partial charge in [0.1, 0.15) is 0 Å². The number of halogens is 2. The fourth-order valence-corrected chi connectivity index (χ4v) is 1.11. The summed E-state index contributed by atoms with van der Waals surface area (Å²) in [5.41, 5.74) is 0. The Balaban J connectivity index is 0.000001000. The molecule has 1 saturated heterocycles. The Hall–Kier alpha value is -0.510. The summed E-state index contributed by atoms with van der Waals surface area (Å²) in [7, 11) is 0. The number of rotatable bonds is 0. The predicted molar refractivity (Wildman–Crippen MR) is 40.7 cm³/mol. The molecule has 1 aliphatic rings. The van der Waals surface area contributed by atoms with Crippen molar-refractivity contribution in [2.45, 2.75) is 25.6 Å². The molecular weight excluding hydrogens is 173 g/mol. The largest absolute Gasteiger partial charge is 0.465 e. The smallest absolute Gasteiger partial charge is 0.409 e. The van der Waals surface area contributed by atoms with Crippen LogP contribution < -0.4 is 0 Å². The van der Waals surface area contributed by atoms with Gasteiger partial charge < -0.3 is 5.11 Å². The van der Waals surface area contributed by atoms with E-state index in [1.807, 2.05) is 0 Å². The van der Waals surface area contributed by atoms with E-state index in [0.717, 1.165) is 17.7 Å². The predicted octanol–water partition coefficient (Wildman–Crippen LogP) is 1.87. The maximum absolute atomic E-state index is 12.6. The third-order valence-electron chi connectivity index (χ3n) is 1.68. The summed E-state index contributed by atoms with van der Waals surface area (Å²) in [6.07, 6.45) is -0.484. The van der Waals surface area contributed by atoms with E-state index in [1.54, 1.807) is 0 Å². The maximum atomic E-state index is 12.6. The Morgan fingerprint density at radius 3 is 2.55 bits per heavy atom. The fourth-order valence-electron chi connectivity index (χ4n) is 1.11. The van der Waals surface area contributed by atoms with Crippen LogP contribution in [0, 0.1) is 0 Å². The van der Waals surface area contributed by atoms with Gasteiger partial charge in [-0.2, -0.15) is 0 Å². The molecule has 11 heavy (non-hydrogen) atoms. The normalized spacial score (nSPS) is 24.1. The lowest BCUT2D eigenvalue weighted by atomic mass is 10.1. The molecule has 1 unspecified atom stereocenters. The van der Waals surface area contributed by atoms with Crippen molar-refractivity contribution in [2.75, 3.05) is 6.54 Å². The highest BCUT2D eigenvalue weighted by atomic mass is 35.5. The van der Waals surface area contributed by atoms with E-state index in [2.05, 4.69) is 0 Å². The molecule has 5 heteroatoms. The maximum Gasteiger partial charge on any atom is 0.409 e. The topological polar surface area (TPSA) is 40.5 Å². The van der Waals surface area contributed by atoms with E-state index in [0.29, 0.717) is 13.0 Å². The number of carbonyl (C=O) groups is 1. The number of alkyl halides is 1. The van der Waals surface area contributed by atoms with Crippen LogP contribution in [-0.2, 0) is 0 Å². The minimum atomic E-state index is -1.27. The molecule has 1 amide bonds. The zero-order valence-electron chi connectivity index (χ0n) is 5.99. The molecule has 0 saturated carbocycles. The third kappa shape index (κ3) is 2.54. The first-order valence-electron chi connectivity index (χ1n) is 3.35. The molecule has 1 N–H and O–H groups in total. The average molecular weight is 184 g/mol. The van der Waals surface area contributed by atoms with Gasteiger partial charge in [-0.1, -0.05) is 0 Å². The molecule has 3 nitrogen and oxygen atoms in total. The molecule has 1 heterocycles. The monoisotopic (exact) mass is 183 g/mol. The summed E-state index contributed by atoms with van der Waals surface area (Å²) in [5, 5.41) is 8.39. The van der Waals surface area contributed by atoms with Gasteiger partial charge in [-0.15, -0.1) is 12.4 Å². The number of carboxylic acid groups (broad SMARTS) is 1. The molecule has 0 bridgehead atoms. The van der Waals surface area contributed by atoms with Crippen LogP contribution in [0.3, 0.4) is 0 Å². The Labute approximate surface area is 70.6 Å². The molecule has 0 aliphatic carbocycles. The van der Waals surface area contributed by atoms with Crippen LogP contribution in [0.1, 0.15) is 19.3 Å². The van der Waals surface area contributed by atoms with E-state index in [1.165, 1.54) is 0 Å². The minimum absolute atomic E-state index is 0. The summed E-state index contributed by atoms with van der Waals surface area (Å²) in [6.45, 7) is 0.344. The SMILES string of the molecule is Cl.O=C(O)N1CCCCC1F. The Morgan fingerprint density at radius 1 is 1.55 bits per heavy atom. The molecule has 1 atom stereocenters. The zero-order valence-corrected chi connectivity index (χ0v) is 6.81. The second kappa shape index (κ2) is 4.38. The summed E-state index contributed by atoms with van der Waals surface area (Å²) in [5.74, 6) is 0. The summed E-state index contributed by atoms with van der Waals surface area (Å²) in [4.78, 5) is 11.1. The van der Waals surface area contributed by atoms with Gasteiger partial charge in [0.25, 0.3) is 0 Å². The molecule has 0 radical (unpaired) electrons. The summed E-state index contributed by atoms with van der Waals surface area (Å²) < 4.78 is 12.6. The Kier molecular flexibility index (Phi) is 4.18. The van der Waals surface area contributed by atoms with Crippen LogP contribution in [0.25, 0.3) is 0 Å². The van der Waals surface area contributed by atoms with Crippen LogP contribution in [0.5, 0.6) is 0 Å². The van der Waals surface area contributed by atoms with Crippen LogP contribution in [0.2, 0.25) is 0 Å². The second-order valence-electron chi connectivity index (χ2n) is 2.41. The van der Waals surface area contributed by atoms with Crippen LogP contribution in [-0.4, -0.2) is 28.9 Å². The minimum Gasteiger partial charge on any atom is -0.465 e. The highest BCUT2D eigenvalue weighted by molar-refractivity contribution is 5.85. The van der Waals surface area contributed by atoms with E-state index >= 15 is 0 Å². The highest BCUT2D eigenvalue weighted by Gasteiger charge is 2.25. The lowest BCUT2D eigenvalue weighted by Gasteiger charge is -2.27. The van der Waals surface area contributed by atoms with Crippen LogP contribution in [0.4, 0.5) is 9.18 Å². The lowest BCUT2D eigenvalue weighted by Crippen LogP contribution is -2.40. The van der Waals surface area contributed by atoms with Crippen molar-refractivity contribution < 1.29 is 14.3 Å². The quantitative estimate of drug-likeness (QED) is 0.583. The van der Waals surface area contributed by atoms with Crippen molar-refractivity contribution in [1.29, 1.82) is 0 Å². The van der Waals surface area contributed by atoms with Gasteiger partial charge in [-0.05, 0) is 19.3 Å². The van der Waals surface area contributed by atoms with Crippen molar-refractivity contribution in [3.05, 3.63) is 0 Å². The number of hydrogen-bond donors (Lipinski definition) is 1. The summed E-state index contributed by atoms with van der Waals surface area (Å²) in [6, 6.07) is 0. The molecule has 0 aromatic rings. The van der Waals surface area contributed by atoms with Gasteiger partial charge in [0.05, 0.1) is 0 Å². The van der Waals surface area contributed by atoms with Crippen molar-refractivity contribution in [1.82, 2.24) is 4.90 Å². The van der Waals surface area contributed by atoms with E-state index in [-0.39, 0.29) is 12.4 Å². The zero-order chi connectivity index (χ0) is 7.56. The summed E-state index contributed by atoms with van der Waals surface area (Å²) >= 11 is 0. The van der Waals surface area contributed by atoms with Gasteiger partial charge in [-0.3, -0.25) is 4.90 Å². The molecule has 1 fully saturated rings. The van der Waals surface area contributed by atoms with Crippen LogP contribution in [0.15, 0.2) is 0 Å². The number of hydrogen-bond acceptors (Lipinski definition) is 1. The van der Waals surface area contributed by atoms with Crippen molar-refractivity contribution in [3.8, 4) is 0 Å². The average Bonchev–Trinajstić information content (AvgIpc) is 1.88. The molecule has 0 spiro atoms. The Morgan fingerprint density at radius 2 is 2.18 bits per heavy atom. The second-order valence-corrected chi connectivity index (χ2v) is 2.41. The number of nitrogens with zero attached hydrogens (tertiary/aromatic N) is 1. The standard InChI is InChI=1S/C6H10FNO2.ClH/c7-5-3-1-2-4-8(5)6(9)10;/h5H,1-4H2,(H,9,10);1H. The molecule has 0 aromatic heterocycles. The van der Waals surface area contributed by atoms with Crippen molar-refractivity contribution in [2.24, 2.45) is 0 Å². The van der Waals surface area contributed by atoms with Crippen LogP contribution >= 0.6 is 12.4 Å². The van der Waals surface area contributed by atoms with Gasteiger partial charge in [0.15, 0.2) is 6.30 Å². The molecule has 1 rings (SSSR count). The lowest BCUT2D eigenvalue weighted by molar-refractivity contribution is 0.0474. The van der Waals surface area contributed by atoms with Gasteiger partial charge >= 0.3 is 6.09 Å². The molecule has 1 aliphatic heterocycles. The van der Waals surface area contributed by atoms with Gasteiger partial charge in [-0.25, -0.2) is 9.18 Å². The highest BCUT2D eigenvalue weighted by Crippen LogP contribution is 2.17.